The van der Waals surface area contributed by atoms with Crippen molar-refractivity contribution in [3.63, 3.8) is 0 Å². The zero-order chi connectivity index (χ0) is 14.9. The summed E-state index contributed by atoms with van der Waals surface area (Å²) in [7, 11) is 0. The Bertz CT molecular complexity index is 619. The van der Waals surface area contributed by atoms with Crippen molar-refractivity contribution >= 4 is 33.0 Å². The van der Waals surface area contributed by atoms with E-state index >= 15 is 0 Å². The predicted octanol–water partition coefficient (Wildman–Crippen LogP) is 5.10. The highest BCUT2D eigenvalue weighted by atomic mass is 79.9. The van der Waals surface area contributed by atoms with E-state index in [0.717, 1.165) is 11.6 Å². The van der Waals surface area contributed by atoms with Crippen molar-refractivity contribution in [2.45, 2.75) is 13.1 Å². The molecule has 0 spiro atoms. The summed E-state index contributed by atoms with van der Waals surface area (Å²) in [6.07, 6.45) is -4.40. The van der Waals surface area contributed by atoms with Gasteiger partial charge in [0.25, 0.3) is 0 Å². The van der Waals surface area contributed by atoms with Crippen molar-refractivity contribution in [1.29, 1.82) is 0 Å². The van der Waals surface area contributed by atoms with E-state index in [9.17, 15) is 13.2 Å². The maximum absolute atomic E-state index is 12.8. The number of hydrogen-bond donors (Lipinski definition) is 2. The van der Waals surface area contributed by atoms with E-state index in [1.54, 1.807) is 18.2 Å². The zero-order valence-corrected chi connectivity index (χ0v) is 12.1. The number of benzene rings is 2. The average molecular weight is 345 g/mol. The molecule has 0 unspecified atom stereocenters. The highest BCUT2D eigenvalue weighted by Gasteiger charge is 2.33. The fraction of sp³-hybridized carbons (Fsp3) is 0.143. The Labute approximate surface area is 122 Å². The SMILES string of the molecule is Cc1cc(N)cc(Nc2ccc(Br)c(C(F)(F)F)c2)c1. The lowest BCUT2D eigenvalue weighted by molar-refractivity contribution is -0.138. The molecule has 20 heavy (non-hydrogen) atoms. The molecule has 0 aromatic heterocycles. The molecular formula is C14H12BrF3N2. The topological polar surface area (TPSA) is 38.0 Å². The molecule has 0 fully saturated rings. The molecule has 2 aromatic rings. The normalized spacial score (nSPS) is 11.4. The Kier molecular flexibility index (Phi) is 3.94. The van der Waals surface area contributed by atoms with Crippen molar-refractivity contribution < 1.29 is 13.2 Å². The summed E-state index contributed by atoms with van der Waals surface area (Å²) >= 11 is 2.91. The van der Waals surface area contributed by atoms with E-state index in [4.69, 9.17) is 5.73 Å². The van der Waals surface area contributed by atoms with Gasteiger partial charge in [-0.2, -0.15) is 13.2 Å². The molecule has 3 N–H and O–H groups in total. The molecule has 0 aliphatic carbocycles. The monoisotopic (exact) mass is 344 g/mol. The average Bonchev–Trinajstić information content (AvgIpc) is 2.29. The summed E-state index contributed by atoms with van der Waals surface area (Å²) in [5.74, 6) is 0. The second-order valence-corrected chi connectivity index (χ2v) is 5.30. The number of alkyl halides is 3. The fourth-order valence-corrected chi connectivity index (χ4v) is 2.34. The molecule has 2 aromatic carbocycles. The molecule has 0 aliphatic rings. The Morgan fingerprint density at radius 3 is 2.35 bits per heavy atom. The molecule has 0 atom stereocenters. The third-order valence-electron chi connectivity index (χ3n) is 2.66. The number of nitrogen functional groups attached to an aromatic ring is 1. The first-order valence-electron chi connectivity index (χ1n) is 5.76. The molecular weight excluding hydrogens is 333 g/mol. The quantitative estimate of drug-likeness (QED) is 0.743. The molecule has 0 saturated carbocycles. The summed E-state index contributed by atoms with van der Waals surface area (Å²) in [4.78, 5) is 0. The molecule has 0 saturated heterocycles. The van der Waals surface area contributed by atoms with Gasteiger partial charge in [-0.3, -0.25) is 0 Å². The van der Waals surface area contributed by atoms with Crippen molar-refractivity contribution in [3.05, 3.63) is 52.0 Å². The van der Waals surface area contributed by atoms with Crippen LogP contribution in [-0.2, 0) is 6.18 Å². The first-order valence-corrected chi connectivity index (χ1v) is 6.56. The minimum absolute atomic E-state index is 0.0132. The van der Waals surface area contributed by atoms with E-state index in [1.165, 1.54) is 6.07 Å². The third-order valence-corrected chi connectivity index (χ3v) is 3.35. The van der Waals surface area contributed by atoms with Crippen LogP contribution in [0.15, 0.2) is 40.9 Å². The number of rotatable bonds is 2. The summed E-state index contributed by atoms with van der Waals surface area (Å²) in [5.41, 5.74) is 7.48. The molecule has 0 amide bonds. The number of aryl methyl sites for hydroxylation is 1. The van der Waals surface area contributed by atoms with Crippen molar-refractivity contribution in [3.8, 4) is 0 Å². The van der Waals surface area contributed by atoms with Gasteiger partial charge in [0.2, 0.25) is 0 Å². The van der Waals surface area contributed by atoms with Gasteiger partial charge in [-0.05, 0) is 48.9 Å². The lowest BCUT2D eigenvalue weighted by Gasteiger charge is -2.13. The van der Waals surface area contributed by atoms with Gasteiger partial charge in [-0.25, -0.2) is 0 Å². The Hall–Kier alpha value is -1.69. The largest absolute Gasteiger partial charge is 0.417 e. The summed E-state index contributed by atoms with van der Waals surface area (Å²) in [6.45, 7) is 1.87. The minimum atomic E-state index is -4.40. The molecule has 2 rings (SSSR count). The van der Waals surface area contributed by atoms with Crippen molar-refractivity contribution in [2.24, 2.45) is 0 Å². The van der Waals surface area contributed by atoms with Gasteiger partial charge in [-0.1, -0.05) is 15.9 Å². The maximum atomic E-state index is 12.8. The number of anilines is 3. The fourth-order valence-electron chi connectivity index (χ4n) is 1.87. The van der Waals surface area contributed by atoms with Gasteiger partial charge >= 0.3 is 6.18 Å². The van der Waals surface area contributed by atoms with Crippen LogP contribution in [0, 0.1) is 6.92 Å². The number of halogens is 4. The standard InChI is InChI=1S/C14H12BrF3N2/c1-8-4-9(19)6-11(5-8)20-10-2-3-13(15)12(7-10)14(16,17)18/h2-7,20H,19H2,1H3. The highest BCUT2D eigenvalue weighted by molar-refractivity contribution is 9.10. The lowest BCUT2D eigenvalue weighted by Crippen LogP contribution is -2.06. The zero-order valence-electron chi connectivity index (χ0n) is 10.6. The highest BCUT2D eigenvalue weighted by Crippen LogP contribution is 2.37. The molecule has 0 bridgehead atoms. The maximum Gasteiger partial charge on any atom is 0.417 e. The van der Waals surface area contributed by atoms with E-state index < -0.39 is 11.7 Å². The number of hydrogen-bond acceptors (Lipinski definition) is 2. The molecule has 6 heteroatoms. The Balaban J connectivity index is 2.35. The molecule has 0 aliphatic heterocycles. The second-order valence-electron chi connectivity index (χ2n) is 4.45. The summed E-state index contributed by atoms with van der Waals surface area (Å²) in [5, 5.41) is 2.92. The lowest BCUT2D eigenvalue weighted by atomic mass is 10.1. The van der Waals surface area contributed by atoms with Gasteiger partial charge in [-0.15, -0.1) is 0 Å². The van der Waals surface area contributed by atoms with Crippen LogP contribution in [-0.4, -0.2) is 0 Å². The number of nitrogens with two attached hydrogens (primary N) is 1. The van der Waals surface area contributed by atoms with E-state index in [-0.39, 0.29) is 4.47 Å². The van der Waals surface area contributed by atoms with Gasteiger partial charge < -0.3 is 11.1 Å². The number of nitrogens with one attached hydrogen (secondary N) is 1. The Morgan fingerprint density at radius 2 is 1.75 bits per heavy atom. The van der Waals surface area contributed by atoms with E-state index in [0.29, 0.717) is 17.1 Å². The van der Waals surface area contributed by atoms with Crippen LogP contribution in [0.5, 0.6) is 0 Å². The Morgan fingerprint density at radius 1 is 1.05 bits per heavy atom. The molecule has 106 valence electrons. The first kappa shape index (κ1) is 14.7. The van der Waals surface area contributed by atoms with Crippen LogP contribution in [0.1, 0.15) is 11.1 Å². The van der Waals surface area contributed by atoms with Crippen LogP contribution in [0.3, 0.4) is 0 Å². The second kappa shape index (κ2) is 5.36. The first-order chi connectivity index (χ1) is 9.25. The van der Waals surface area contributed by atoms with E-state index in [2.05, 4.69) is 21.2 Å². The van der Waals surface area contributed by atoms with Gasteiger partial charge in [0.1, 0.15) is 0 Å². The summed E-state index contributed by atoms with van der Waals surface area (Å²) < 4.78 is 38.5. The van der Waals surface area contributed by atoms with Crippen LogP contribution >= 0.6 is 15.9 Å². The van der Waals surface area contributed by atoms with Crippen LogP contribution in [0.2, 0.25) is 0 Å². The van der Waals surface area contributed by atoms with Crippen molar-refractivity contribution in [2.75, 3.05) is 11.1 Å². The van der Waals surface area contributed by atoms with Crippen LogP contribution in [0.25, 0.3) is 0 Å². The third kappa shape index (κ3) is 3.45. The van der Waals surface area contributed by atoms with E-state index in [1.807, 2.05) is 13.0 Å². The molecule has 2 nitrogen and oxygen atoms in total. The molecule has 0 heterocycles. The molecule has 0 radical (unpaired) electrons. The predicted molar refractivity (Wildman–Crippen MR) is 78.0 cm³/mol. The van der Waals surface area contributed by atoms with Gasteiger partial charge in [0, 0.05) is 21.5 Å². The van der Waals surface area contributed by atoms with Gasteiger partial charge in [0.15, 0.2) is 0 Å². The van der Waals surface area contributed by atoms with Gasteiger partial charge in [0.05, 0.1) is 5.56 Å². The smallest absolute Gasteiger partial charge is 0.399 e. The van der Waals surface area contributed by atoms with Crippen molar-refractivity contribution in [1.82, 2.24) is 0 Å². The summed E-state index contributed by atoms with van der Waals surface area (Å²) in [6, 6.07) is 9.26. The van der Waals surface area contributed by atoms with Crippen LogP contribution in [0.4, 0.5) is 30.2 Å². The minimum Gasteiger partial charge on any atom is -0.399 e. The van der Waals surface area contributed by atoms with Crippen LogP contribution < -0.4 is 11.1 Å².